The van der Waals surface area contributed by atoms with Crippen molar-refractivity contribution in [3.8, 4) is 0 Å². The summed E-state index contributed by atoms with van der Waals surface area (Å²) in [5.41, 5.74) is 2.11. The first-order chi connectivity index (χ1) is 9.87. The molecule has 2 rings (SSSR count). The summed E-state index contributed by atoms with van der Waals surface area (Å²) >= 11 is 0. The number of hydrogen-bond acceptors (Lipinski definition) is 5. The minimum Gasteiger partial charge on any atom is -0.463 e. The third kappa shape index (κ3) is 3.92. The van der Waals surface area contributed by atoms with Crippen molar-refractivity contribution in [3.63, 3.8) is 0 Å². The third-order valence-corrected chi connectivity index (χ3v) is 2.47. The maximum atomic E-state index is 12.1. The first-order valence-corrected chi connectivity index (χ1v) is 6.39. The molecule has 0 saturated carbocycles. The van der Waals surface area contributed by atoms with Gasteiger partial charge in [0.1, 0.15) is 17.4 Å². The van der Waals surface area contributed by atoms with E-state index in [1.807, 2.05) is 0 Å². The zero-order chi connectivity index (χ0) is 15.5. The van der Waals surface area contributed by atoms with Crippen LogP contribution in [0.4, 0.5) is 4.79 Å². The molecule has 0 spiro atoms. The highest BCUT2D eigenvalue weighted by Crippen LogP contribution is 2.09. The van der Waals surface area contributed by atoms with Crippen LogP contribution in [-0.4, -0.2) is 17.9 Å². The largest absolute Gasteiger partial charge is 0.463 e. The Balaban J connectivity index is 2.13. The zero-order valence-corrected chi connectivity index (χ0v) is 12.0. The van der Waals surface area contributed by atoms with Crippen molar-refractivity contribution in [3.05, 3.63) is 46.3 Å². The molecule has 0 aliphatic heterocycles. The highest BCUT2D eigenvalue weighted by Gasteiger charge is 2.15. The molecule has 1 N–H and O–H groups in total. The summed E-state index contributed by atoms with van der Waals surface area (Å²) in [7, 11) is 0. The lowest BCUT2D eigenvalue weighted by Crippen LogP contribution is -2.30. The Labute approximate surface area is 121 Å². The average Bonchev–Trinajstić information content (AvgIpc) is 2.40. The molecule has 2 aromatic rings. The van der Waals surface area contributed by atoms with Crippen molar-refractivity contribution in [1.29, 1.82) is 0 Å². The summed E-state index contributed by atoms with van der Waals surface area (Å²) in [6, 6.07) is 6.90. The maximum absolute atomic E-state index is 12.1. The van der Waals surface area contributed by atoms with Gasteiger partial charge >= 0.3 is 6.09 Å². The Morgan fingerprint density at radius 1 is 1.33 bits per heavy atom. The highest BCUT2D eigenvalue weighted by atomic mass is 16.6. The van der Waals surface area contributed by atoms with E-state index < -0.39 is 11.7 Å². The van der Waals surface area contributed by atoms with Gasteiger partial charge in [0.15, 0.2) is 0 Å². The topological polar surface area (TPSA) is 80.9 Å². The van der Waals surface area contributed by atoms with Gasteiger partial charge in [0.05, 0.1) is 17.2 Å². The summed E-state index contributed by atoms with van der Waals surface area (Å²) < 4.78 is 10.3. The number of hydrazone groups is 1. The number of amides is 1. The lowest BCUT2D eigenvalue weighted by Gasteiger charge is -2.18. The van der Waals surface area contributed by atoms with Crippen LogP contribution in [0.5, 0.6) is 0 Å². The average molecular weight is 288 g/mol. The molecule has 0 aliphatic carbocycles. The van der Waals surface area contributed by atoms with E-state index in [2.05, 4.69) is 10.5 Å². The molecule has 1 amide bonds. The smallest absolute Gasteiger partial charge is 0.428 e. The highest BCUT2D eigenvalue weighted by molar-refractivity contribution is 5.86. The number of rotatable bonds is 2. The van der Waals surface area contributed by atoms with Crippen LogP contribution < -0.4 is 10.9 Å². The van der Waals surface area contributed by atoms with Gasteiger partial charge in [-0.15, -0.1) is 0 Å². The fourth-order valence-corrected chi connectivity index (χ4v) is 1.64. The van der Waals surface area contributed by atoms with E-state index in [0.717, 1.165) is 0 Å². The lowest BCUT2D eigenvalue weighted by molar-refractivity contribution is 0.0529. The molecule has 0 fully saturated rings. The molecule has 0 unspecified atom stereocenters. The number of carbonyl (C=O) groups excluding carboxylic acids is 1. The summed E-state index contributed by atoms with van der Waals surface area (Å²) in [5, 5.41) is 4.14. The summed E-state index contributed by atoms with van der Waals surface area (Å²) in [5.74, 6) is 0. The van der Waals surface area contributed by atoms with Gasteiger partial charge in [-0.1, -0.05) is 12.1 Å². The van der Waals surface area contributed by atoms with E-state index in [1.54, 1.807) is 45.0 Å². The SMILES string of the molecule is CC(C)(C)OC(=O)N/N=C\c1coc2ccccc2c1=O. The van der Waals surface area contributed by atoms with E-state index in [0.29, 0.717) is 11.0 Å². The molecule has 1 aromatic carbocycles. The minimum atomic E-state index is -0.691. The van der Waals surface area contributed by atoms with Gasteiger partial charge in [0.2, 0.25) is 5.43 Å². The molecular weight excluding hydrogens is 272 g/mol. The van der Waals surface area contributed by atoms with Crippen molar-refractivity contribution in [1.82, 2.24) is 5.43 Å². The molecule has 0 aliphatic rings. The van der Waals surface area contributed by atoms with Crippen LogP contribution in [0.25, 0.3) is 11.0 Å². The number of fused-ring (bicyclic) bond motifs is 1. The Kier molecular flexibility index (Phi) is 4.07. The first kappa shape index (κ1) is 14.8. The van der Waals surface area contributed by atoms with E-state index in [9.17, 15) is 9.59 Å². The fourth-order valence-electron chi connectivity index (χ4n) is 1.64. The minimum absolute atomic E-state index is 0.216. The quantitative estimate of drug-likeness (QED) is 0.680. The zero-order valence-electron chi connectivity index (χ0n) is 12.0. The second kappa shape index (κ2) is 5.78. The van der Waals surface area contributed by atoms with Crippen molar-refractivity contribution in [2.24, 2.45) is 5.10 Å². The van der Waals surface area contributed by atoms with Gasteiger partial charge in [-0.2, -0.15) is 5.10 Å². The van der Waals surface area contributed by atoms with E-state index in [1.165, 1.54) is 12.5 Å². The molecule has 21 heavy (non-hydrogen) atoms. The number of nitrogens with one attached hydrogen (secondary N) is 1. The van der Waals surface area contributed by atoms with Crippen LogP contribution in [0.1, 0.15) is 26.3 Å². The van der Waals surface area contributed by atoms with Crippen LogP contribution in [-0.2, 0) is 4.74 Å². The van der Waals surface area contributed by atoms with Crippen molar-refractivity contribution in [2.45, 2.75) is 26.4 Å². The van der Waals surface area contributed by atoms with Gasteiger partial charge in [-0.05, 0) is 32.9 Å². The second-order valence-electron chi connectivity index (χ2n) is 5.39. The molecule has 0 saturated heterocycles. The molecule has 0 radical (unpaired) electrons. The number of nitrogens with zero attached hydrogens (tertiary/aromatic N) is 1. The molecule has 1 heterocycles. The molecule has 110 valence electrons. The van der Waals surface area contributed by atoms with Gasteiger partial charge < -0.3 is 9.15 Å². The van der Waals surface area contributed by atoms with Crippen LogP contribution >= 0.6 is 0 Å². The van der Waals surface area contributed by atoms with E-state index in [4.69, 9.17) is 9.15 Å². The van der Waals surface area contributed by atoms with Crippen LogP contribution in [0.2, 0.25) is 0 Å². The third-order valence-electron chi connectivity index (χ3n) is 2.47. The lowest BCUT2D eigenvalue weighted by atomic mass is 10.2. The molecule has 1 aromatic heterocycles. The van der Waals surface area contributed by atoms with Crippen LogP contribution in [0.15, 0.2) is 44.8 Å². The van der Waals surface area contributed by atoms with Crippen LogP contribution in [0, 0.1) is 0 Å². The van der Waals surface area contributed by atoms with Crippen molar-refractivity contribution >= 4 is 23.3 Å². The van der Waals surface area contributed by atoms with E-state index in [-0.39, 0.29) is 11.0 Å². The van der Waals surface area contributed by atoms with Crippen molar-refractivity contribution < 1.29 is 13.9 Å². The molecular formula is C15H16N2O4. The van der Waals surface area contributed by atoms with Gasteiger partial charge in [-0.25, -0.2) is 10.2 Å². The number of benzene rings is 1. The van der Waals surface area contributed by atoms with Gasteiger partial charge in [0.25, 0.3) is 0 Å². The predicted octanol–water partition coefficient (Wildman–Crippen LogP) is 2.65. The normalized spacial score (nSPS) is 11.8. The molecule has 0 atom stereocenters. The van der Waals surface area contributed by atoms with Gasteiger partial charge in [0, 0.05) is 0 Å². The number of para-hydroxylation sites is 1. The second-order valence-corrected chi connectivity index (χ2v) is 5.39. The molecule has 6 nitrogen and oxygen atoms in total. The Morgan fingerprint density at radius 2 is 2.05 bits per heavy atom. The number of hydrogen-bond donors (Lipinski definition) is 1. The molecule has 0 bridgehead atoms. The van der Waals surface area contributed by atoms with Crippen LogP contribution in [0.3, 0.4) is 0 Å². The van der Waals surface area contributed by atoms with E-state index >= 15 is 0 Å². The molecule has 6 heteroatoms. The monoisotopic (exact) mass is 288 g/mol. The Hall–Kier alpha value is -2.63. The summed E-state index contributed by atoms with van der Waals surface area (Å²) in [4.78, 5) is 23.5. The Morgan fingerprint density at radius 3 is 2.76 bits per heavy atom. The maximum Gasteiger partial charge on any atom is 0.428 e. The summed E-state index contributed by atoms with van der Waals surface area (Å²) in [6.07, 6.45) is 1.83. The number of ether oxygens (including phenoxy) is 1. The standard InChI is InChI=1S/C15H16N2O4/c1-15(2,3)21-14(19)17-16-8-10-9-20-12-7-5-4-6-11(12)13(10)18/h4-9H,1-3H3,(H,17,19)/b16-8-. The fraction of sp³-hybridized carbons (Fsp3) is 0.267. The van der Waals surface area contributed by atoms with Gasteiger partial charge in [-0.3, -0.25) is 4.79 Å². The first-order valence-electron chi connectivity index (χ1n) is 6.39. The number of carbonyl (C=O) groups is 1. The Bertz CT molecular complexity index is 741. The predicted molar refractivity (Wildman–Crippen MR) is 79.4 cm³/mol. The summed E-state index contributed by atoms with van der Waals surface area (Å²) in [6.45, 7) is 5.23. The van der Waals surface area contributed by atoms with Crippen molar-refractivity contribution in [2.75, 3.05) is 0 Å².